The van der Waals surface area contributed by atoms with Crippen LogP contribution in [-0.2, 0) is 9.53 Å². The molecule has 0 aliphatic heterocycles. The first-order valence-corrected chi connectivity index (χ1v) is 7.57. The summed E-state index contributed by atoms with van der Waals surface area (Å²) in [6.45, 7) is 4.13. The number of carbonyl (C=O) groups is 1. The lowest BCUT2D eigenvalue weighted by Gasteiger charge is -2.11. The third-order valence-corrected chi connectivity index (χ3v) is 2.86. The molecule has 0 atom stereocenters. The molecule has 0 aliphatic rings. The molecule has 1 amide bonds. The quantitative estimate of drug-likeness (QED) is 0.188. The molecule has 0 spiro atoms. The molecule has 0 fully saturated rings. The minimum Gasteiger partial charge on any atom is -0.385 e. The fourth-order valence-electron chi connectivity index (χ4n) is 1.80. The number of halogens is 1. The Hall–Kier alpha value is -1.79. The third-order valence-electron chi connectivity index (χ3n) is 2.86. The van der Waals surface area contributed by atoms with E-state index in [-0.39, 0.29) is 36.4 Å². The molecular weight excluding hydrogens is 419 g/mol. The summed E-state index contributed by atoms with van der Waals surface area (Å²) < 4.78 is 4.99. The van der Waals surface area contributed by atoms with Crippen molar-refractivity contribution in [1.29, 1.82) is 0 Å². The van der Waals surface area contributed by atoms with Gasteiger partial charge in [-0.25, -0.2) is 4.99 Å². The van der Waals surface area contributed by atoms with Gasteiger partial charge in [0.15, 0.2) is 5.96 Å². The molecule has 0 radical (unpaired) electrons. The molecule has 7 heteroatoms. The Bertz CT molecular complexity index is 570. The van der Waals surface area contributed by atoms with Gasteiger partial charge in [-0.2, -0.15) is 0 Å². The number of rotatable bonds is 8. The molecule has 3 N–H and O–H groups in total. The maximum absolute atomic E-state index is 12.0. The number of ether oxygens (including phenoxy) is 1. The zero-order chi connectivity index (χ0) is 16.9. The molecule has 0 aromatic heterocycles. The lowest BCUT2D eigenvalue weighted by Crippen LogP contribution is -2.38. The normalized spacial score (nSPS) is 10.3. The van der Waals surface area contributed by atoms with Crippen LogP contribution in [0, 0.1) is 12.3 Å². The Morgan fingerprint density at radius 2 is 2.17 bits per heavy atom. The first-order chi connectivity index (χ1) is 11.2. The van der Waals surface area contributed by atoms with Gasteiger partial charge in [-0.15, -0.1) is 30.4 Å². The van der Waals surface area contributed by atoms with Crippen LogP contribution < -0.4 is 16.0 Å². The number of benzene rings is 1. The van der Waals surface area contributed by atoms with Gasteiger partial charge >= 0.3 is 0 Å². The second-order valence-electron chi connectivity index (χ2n) is 4.74. The highest BCUT2D eigenvalue weighted by Crippen LogP contribution is 2.09. The average molecular weight is 444 g/mol. The second-order valence-corrected chi connectivity index (χ2v) is 4.74. The predicted octanol–water partition coefficient (Wildman–Crippen LogP) is 1.82. The smallest absolute Gasteiger partial charge is 0.246 e. The lowest BCUT2D eigenvalue weighted by atomic mass is 10.2. The van der Waals surface area contributed by atoms with Crippen LogP contribution >= 0.6 is 24.0 Å². The van der Waals surface area contributed by atoms with E-state index in [4.69, 9.17) is 11.2 Å². The molecule has 0 unspecified atom stereocenters. The van der Waals surface area contributed by atoms with Gasteiger partial charge in [0.1, 0.15) is 6.54 Å². The summed E-state index contributed by atoms with van der Waals surface area (Å²) in [5.41, 5.74) is 1.39. The number of hydrogen-bond acceptors (Lipinski definition) is 3. The van der Waals surface area contributed by atoms with E-state index < -0.39 is 0 Å². The van der Waals surface area contributed by atoms with Crippen molar-refractivity contribution in [2.45, 2.75) is 13.3 Å². The van der Waals surface area contributed by atoms with Gasteiger partial charge in [0.05, 0.1) is 0 Å². The fourth-order valence-corrected chi connectivity index (χ4v) is 1.80. The van der Waals surface area contributed by atoms with E-state index in [1.165, 1.54) is 0 Å². The van der Waals surface area contributed by atoms with Crippen molar-refractivity contribution in [3.05, 3.63) is 29.8 Å². The molecule has 24 heavy (non-hydrogen) atoms. The van der Waals surface area contributed by atoms with Crippen LogP contribution in [0.25, 0.3) is 0 Å². The zero-order valence-electron chi connectivity index (χ0n) is 14.1. The molecule has 132 valence electrons. The Morgan fingerprint density at radius 3 is 2.83 bits per heavy atom. The SMILES string of the molecule is C#Cc1cccc(NC(=O)CN=C(NCC)NCCCOC)c1.I. The summed E-state index contributed by atoms with van der Waals surface area (Å²) in [4.78, 5) is 16.2. The Kier molecular flexibility index (Phi) is 12.6. The van der Waals surface area contributed by atoms with Crippen molar-refractivity contribution in [3.63, 3.8) is 0 Å². The van der Waals surface area contributed by atoms with Crippen LogP contribution in [0.3, 0.4) is 0 Å². The topological polar surface area (TPSA) is 74.8 Å². The molecule has 1 aromatic rings. The summed E-state index contributed by atoms with van der Waals surface area (Å²) in [5, 5.41) is 9.01. The van der Waals surface area contributed by atoms with E-state index in [0.29, 0.717) is 18.3 Å². The van der Waals surface area contributed by atoms with Gasteiger partial charge in [0.2, 0.25) is 5.91 Å². The lowest BCUT2D eigenvalue weighted by molar-refractivity contribution is -0.114. The monoisotopic (exact) mass is 444 g/mol. The predicted molar refractivity (Wildman–Crippen MR) is 109 cm³/mol. The van der Waals surface area contributed by atoms with Crippen molar-refractivity contribution in [2.24, 2.45) is 4.99 Å². The van der Waals surface area contributed by atoms with Gasteiger partial charge in [-0.05, 0) is 31.5 Å². The van der Waals surface area contributed by atoms with Crippen molar-refractivity contribution >= 4 is 41.5 Å². The molecule has 0 saturated carbocycles. The number of hydrogen-bond donors (Lipinski definition) is 3. The maximum Gasteiger partial charge on any atom is 0.246 e. The molecule has 0 aliphatic carbocycles. The average Bonchev–Trinajstić information content (AvgIpc) is 2.56. The summed E-state index contributed by atoms with van der Waals surface area (Å²) >= 11 is 0. The highest BCUT2D eigenvalue weighted by Gasteiger charge is 2.03. The largest absolute Gasteiger partial charge is 0.385 e. The Labute approximate surface area is 160 Å². The standard InChI is InChI=1S/C17H24N4O2.HI/c1-4-14-8-6-9-15(12-14)21-16(22)13-20-17(18-5-2)19-10-7-11-23-3;/h1,6,8-9,12H,5,7,10-11,13H2,2-3H3,(H,21,22)(H2,18,19,20);1H. The van der Waals surface area contributed by atoms with E-state index in [2.05, 4.69) is 26.9 Å². The van der Waals surface area contributed by atoms with Crippen molar-refractivity contribution in [1.82, 2.24) is 10.6 Å². The number of nitrogens with zero attached hydrogens (tertiary/aromatic N) is 1. The van der Waals surface area contributed by atoms with Crippen LogP contribution in [0.1, 0.15) is 18.9 Å². The molecule has 0 saturated heterocycles. The van der Waals surface area contributed by atoms with E-state index in [9.17, 15) is 4.79 Å². The summed E-state index contributed by atoms with van der Waals surface area (Å²) in [5.74, 6) is 2.94. The van der Waals surface area contributed by atoms with Crippen LogP contribution in [-0.4, -0.2) is 45.2 Å². The number of guanidine groups is 1. The van der Waals surface area contributed by atoms with Crippen molar-refractivity contribution < 1.29 is 9.53 Å². The molecule has 0 heterocycles. The zero-order valence-corrected chi connectivity index (χ0v) is 16.4. The summed E-state index contributed by atoms with van der Waals surface area (Å²) in [7, 11) is 1.67. The van der Waals surface area contributed by atoms with Gasteiger partial charge in [0.25, 0.3) is 0 Å². The van der Waals surface area contributed by atoms with Crippen LogP contribution in [0.2, 0.25) is 0 Å². The van der Waals surface area contributed by atoms with Gasteiger partial charge in [-0.1, -0.05) is 12.0 Å². The molecule has 1 rings (SSSR count). The van der Waals surface area contributed by atoms with Crippen molar-refractivity contribution in [3.8, 4) is 12.3 Å². The van der Waals surface area contributed by atoms with E-state index in [1.807, 2.05) is 6.92 Å². The summed E-state index contributed by atoms with van der Waals surface area (Å²) in [6.07, 6.45) is 6.21. The van der Waals surface area contributed by atoms with Crippen molar-refractivity contribution in [2.75, 3.05) is 38.7 Å². The highest BCUT2D eigenvalue weighted by molar-refractivity contribution is 14.0. The second kappa shape index (κ2) is 13.6. The number of aliphatic imine (C=N–C) groups is 1. The first kappa shape index (κ1) is 22.2. The van der Waals surface area contributed by atoms with Gasteiger partial charge in [-0.3, -0.25) is 4.79 Å². The number of carbonyl (C=O) groups excluding carboxylic acids is 1. The Balaban J connectivity index is 0.00000529. The molecule has 6 nitrogen and oxygen atoms in total. The number of methoxy groups -OCH3 is 1. The van der Waals surface area contributed by atoms with Crippen LogP contribution in [0.4, 0.5) is 5.69 Å². The highest BCUT2D eigenvalue weighted by atomic mass is 127. The first-order valence-electron chi connectivity index (χ1n) is 7.57. The number of terminal acetylenes is 1. The Morgan fingerprint density at radius 1 is 1.38 bits per heavy atom. The molecular formula is C17H25IN4O2. The summed E-state index contributed by atoms with van der Waals surface area (Å²) in [6, 6.07) is 7.14. The van der Waals surface area contributed by atoms with Gasteiger partial charge in [0, 0.05) is 38.1 Å². The van der Waals surface area contributed by atoms with Crippen LogP contribution in [0.15, 0.2) is 29.3 Å². The third kappa shape index (κ3) is 9.37. The fraction of sp³-hybridized carbons (Fsp3) is 0.412. The number of anilines is 1. The maximum atomic E-state index is 12.0. The number of amides is 1. The minimum absolute atomic E-state index is 0. The van der Waals surface area contributed by atoms with Crippen LogP contribution in [0.5, 0.6) is 0 Å². The van der Waals surface area contributed by atoms with Gasteiger partial charge < -0.3 is 20.7 Å². The molecule has 0 bridgehead atoms. The number of nitrogens with one attached hydrogen (secondary N) is 3. The van der Waals surface area contributed by atoms with E-state index in [1.54, 1.807) is 31.4 Å². The van der Waals surface area contributed by atoms with E-state index >= 15 is 0 Å². The molecule has 1 aromatic carbocycles. The minimum atomic E-state index is -0.201. The van der Waals surface area contributed by atoms with E-state index in [0.717, 1.165) is 25.1 Å².